The van der Waals surface area contributed by atoms with Crippen molar-refractivity contribution in [1.29, 1.82) is 0 Å². The molecular weight excluding hydrogens is 272 g/mol. The molecule has 0 aliphatic carbocycles. The molecule has 0 fully saturated rings. The normalized spacial score (nSPS) is 18.6. The Labute approximate surface area is 126 Å². The predicted molar refractivity (Wildman–Crippen MR) is 84.1 cm³/mol. The summed E-state index contributed by atoms with van der Waals surface area (Å²) in [5.41, 5.74) is 7.05. The summed E-state index contributed by atoms with van der Waals surface area (Å²) in [6.07, 6.45) is 3.94. The molecular formula is C16H23ClN2O. The van der Waals surface area contributed by atoms with Gasteiger partial charge in [-0.15, -0.1) is 0 Å². The zero-order valence-corrected chi connectivity index (χ0v) is 13.1. The third-order valence-electron chi connectivity index (χ3n) is 4.03. The fraction of sp³-hybridized carbons (Fsp3) is 0.500. The van der Waals surface area contributed by atoms with Crippen molar-refractivity contribution >= 4 is 11.6 Å². The van der Waals surface area contributed by atoms with Crippen LogP contribution < -0.4 is 15.8 Å². The van der Waals surface area contributed by atoms with Crippen molar-refractivity contribution in [3.8, 4) is 5.75 Å². The van der Waals surface area contributed by atoms with Crippen LogP contribution in [0.3, 0.4) is 0 Å². The highest BCUT2D eigenvalue weighted by Crippen LogP contribution is 2.33. The van der Waals surface area contributed by atoms with Crippen LogP contribution in [0.2, 0.25) is 5.02 Å². The number of nitrogens with two attached hydrogens (primary N) is 1. The van der Waals surface area contributed by atoms with Crippen LogP contribution in [0.15, 0.2) is 30.1 Å². The lowest BCUT2D eigenvalue weighted by molar-refractivity contribution is 0.278. The standard InChI is InChI=1S/C16H23ClN2O/c1-4-16(2,3)11-5-7-14(13(17)9-11)20-10-12-6-8-15(18)19-12/h5,7-9,12,19H,4,6,10,18H2,1-3H3. The Hall–Kier alpha value is -1.35. The first-order chi connectivity index (χ1) is 9.42. The zero-order chi connectivity index (χ0) is 14.8. The summed E-state index contributed by atoms with van der Waals surface area (Å²) in [4.78, 5) is 0. The number of hydrogen-bond acceptors (Lipinski definition) is 3. The molecule has 1 aliphatic heterocycles. The number of hydrogen-bond donors (Lipinski definition) is 2. The van der Waals surface area contributed by atoms with Crippen molar-refractivity contribution in [3.63, 3.8) is 0 Å². The number of rotatable bonds is 5. The van der Waals surface area contributed by atoms with Crippen LogP contribution in [0.25, 0.3) is 0 Å². The molecule has 0 saturated heterocycles. The first-order valence-electron chi connectivity index (χ1n) is 7.07. The van der Waals surface area contributed by atoms with Gasteiger partial charge in [0, 0.05) is 0 Å². The van der Waals surface area contributed by atoms with Crippen molar-refractivity contribution in [2.24, 2.45) is 5.73 Å². The molecule has 4 heteroatoms. The smallest absolute Gasteiger partial charge is 0.138 e. The summed E-state index contributed by atoms with van der Waals surface area (Å²) in [7, 11) is 0. The zero-order valence-electron chi connectivity index (χ0n) is 12.4. The first kappa shape index (κ1) is 15.0. The molecule has 0 radical (unpaired) electrons. The maximum absolute atomic E-state index is 6.32. The van der Waals surface area contributed by atoms with E-state index in [-0.39, 0.29) is 11.5 Å². The summed E-state index contributed by atoms with van der Waals surface area (Å²) in [6.45, 7) is 7.18. The molecule has 2 rings (SSSR count). The van der Waals surface area contributed by atoms with Crippen LogP contribution in [0.5, 0.6) is 5.75 Å². The lowest BCUT2D eigenvalue weighted by Gasteiger charge is -2.24. The molecule has 3 nitrogen and oxygen atoms in total. The monoisotopic (exact) mass is 294 g/mol. The Bertz CT molecular complexity index is 511. The van der Waals surface area contributed by atoms with E-state index in [4.69, 9.17) is 22.1 Å². The van der Waals surface area contributed by atoms with Crippen LogP contribution in [0.1, 0.15) is 39.2 Å². The van der Waals surface area contributed by atoms with Gasteiger partial charge >= 0.3 is 0 Å². The summed E-state index contributed by atoms with van der Waals surface area (Å²) in [6, 6.07) is 6.30. The molecule has 1 heterocycles. The van der Waals surface area contributed by atoms with Crippen molar-refractivity contribution in [3.05, 3.63) is 40.7 Å². The van der Waals surface area contributed by atoms with Crippen LogP contribution in [0, 0.1) is 0 Å². The van der Waals surface area contributed by atoms with Crippen molar-refractivity contribution in [2.75, 3.05) is 6.61 Å². The Morgan fingerprint density at radius 1 is 1.45 bits per heavy atom. The van der Waals surface area contributed by atoms with Gasteiger partial charge in [-0.3, -0.25) is 0 Å². The molecule has 1 aromatic rings. The van der Waals surface area contributed by atoms with Crippen LogP contribution in [-0.4, -0.2) is 12.6 Å². The quantitative estimate of drug-likeness (QED) is 0.873. The minimum atomic E-state index is 0.132. The van der Waals surface area contributed by atoms with Crippen LogP contribution >= 0.6 is 11.6 Å². The van der Waals surface area contributed by atoms with E-state index in [0.717, 1.165) is 24.4 Å². The van der Waals surface area contributed by atoms with Crippen molar-refractivity contribution in [1.82, 2.24) is 5.32 Å². The molecule has 110 valence electrons. The fourth-order valence-corrected chi connectivity index (χ4v) is 2.40. The van der Waals surface area contributed by atoms with Gasteiger partial charge in [-0.1, -0.05) is 38.4 Å². The van der Waals surface area contributed by atoms with E-state index < -0.39 is 0 Å². The van der Waals surface area contributed by atoms with Gasteiger partial charge in [0.2, 0.25) is 0 Å². The van der Waals surface area contributed by atoms with Crippen molar-refractivity contribution in [2.45, 2.75) is 45.1 Å². The highest BCUT2D eigenvalue weighted by atomic mass is 35.5. The maximum Gasteiger partial charge on any atom is 0.138 e. The second-order valence-corrected chi connectivity index (χ2v) is 6.34. The maximum atomic E-state index is 6.32. The highest BCUT2D eigenvalue weighted by molar-refractivity contribution is 6.32. The molecule has 20 heavy (non-hydrogen) atoms. The number of ether oxygens (including phenoxy) is 1. The van der Waals surface area contributed by atoms with E-state index in [9.17, 15) is 0 Å². The summed E-state index contributed by atoms with van der Waals surface area (Å²) >= 11 is 6.32. The predicted octanol–water partition coefficient (Wildman–Crippen LogP) is 3.57. The van der Waals surface area contributed by atoms with Gasteiger partial charge in [-0.2, -0.15) is 0 Å². The van der Waals surface area contributed by atoms with Gasteiger partial charge in [0.15, 0.2) is 0 Å². The third-order valence-corrected chi connectivity index (χ3v) is 4.33. The van der Waals surface area contributed by atoms with E-state index >= 15 is 0 Å². The molecule has 0 saturated carbocycles. The third kappa shape index (κ3) is 3.40. The topological polar surface area (TPSA) is 47.3 Å². The van der Waals surface area contributed by atoms with E-state index in [0.29, 0.717) is 11.6 Å². The Balaban J connectivity index is 2.00. The number of benzene rings is 1. The molecule has 3 N–H and O–H groups in total. The van der Waals surface area contributed by atoms with E-state index in [2.05, 4.69) is 32.2 Å². The Morgan fingerprint density at radius 3 is 2.75 bits per heavy atom. The van der Waals surface area contributed by atoms with Gasteiger partial charge in [-0.05, 0) is 42.0 Å². The second kappa shape index (κ2) is 5.96. The first-order valence-corrected chi connectivity index (χ1v) is 7.45. The molecule has 1 aromatic carbocycles. The number of halogens is 1. The largest absolute Gasteiger partial charge is 0.490 e. The molecule has 0 aromatic heterocycles. The highest BCUT2D eigenvalue weighted by Gasteiger charge is 2.20. The average molecular weight is 295 g/mol. The summed E-state index contributed by atoms with van der Waals surface area (Å²) in [5, 5.41) is 3.83. The van der Waals surface area contributed by atoms with Gasteiger partial charge in [0.25, 0.3) is 0 Å². The van der Waals surface area contributed by atoms with E-state index in [1.807, 2.05) is 18.2 Å². The molecule has 1 atom stereocenters. The Morgan fingerprint density at radius 2 is 2.20 bits per heavy atom. The summed E-state index contributed by atoms with van der Waals surface area (Å²) in [5.74, 6) is 1.46. The van der Waals surface area contributed by atoms with Crippen LogP contribution in [-0.2, 0) is 5.41 Å². The molecule has 1 aliphatic rings. The SMILES string of the molecule is CCC(C)(C)c1ccc(OCC2CC=C(N)N2)c(Cl)c1. The van der Waals surface area contributed by atoms with Gasteiger partial charge in [0.1, 0.15) is 12.4 Å². The lowest BCUT2D eigenvalue weighted by atomic mass is 9.82. The van der Waals surface area contributed by atoms with Crippen molar-refractivity contribution < 1.29 is 4.74 Å². The molecule has 1 unspecified atom stereocenters. The van der Waals surface area contributed by atoms with Gasteiger partial charge in [0.05, 0.1) is 16.9 Å². The van der Waals surface area contributed by atoms with E-state index in [1.165, 1.54) is 5.56 Å². The minimum absolute atomic E-state index is 0.132. The minimum Gasteiger partial charge on any atom is -0.490 e. The number of nitrogens with one attached hydrogen (secondary N) is 1. The lowest BCUT2D eigenvalue weighted by Crippen LogP contribution is -2.31. The van der Waals surface area contributed by atoms with Gasteiger partial charge in [-0.25, -0.2) is 0 Å². The molecule has 0 bridgehead atoms. The average Bonchev–Trinajstić information content (AvgIpc) is 2.83. The summed E-state index contributed by atoms with van der Waals surface area (Å²) < 4.78 is 5.79. The fourth-order valence-electron chi connectivity index (χ4n) is 2.17. The second-order valence-electron chi connectivity index (χ2n) is 5.93. The van der Waals surface area contributed by atoms with Gasteiger partial charge < -0.3 is 15.8 Å². The Kier molecular flexibility index (Phi) is 4.48. The molecule has 0 spiro atoms. The molecule has 0 amide bonds. The van der Waals surface area contributed by atoms with E-state index in [1.54, 1.807) is 0 Å². The van der Waals surface area contributed by atoms with Crippen LogP contribution in [0.4, 0.5) is 0 Å².